The average molecular weight is 378 g/mol. The first-order valence-corrected chi connectivity index (χ1v) is 9.69. The maximum atomic E-state index is 12.9. The molecule has 4 nitrogen and oxygen atoms in total. The van der Waals surface area contributed by atoms with Gasteiger partial charge in [-0.3, -0.25) is 9.78 Å². The molecule has 27 heavy (non-hydrogen) atoms. The highest BCUT2D eigenvalue weighted by Gasteiger charge is 2.28. The highest BCUT2D eigenvalue weighted by atomic mass is 32.1. The van der Waals surface area contributed by atoms with E-state index < -0.39 is 5.41 Å². The first-order chi connectivity index (χ1) is 12.9. The Morgan fingerprint density at radius 1 is 1.15 bits per heavy atom. The number of hydrogen-bond acceptors (Lipinski definition) is 4. The predicted octanol–water partition coefficient (Wildman–Crippen LogP) is 5.08. The minimum Gasteiger partial charge on any atom is -0.327 e. The third-order valence-electron chi connectivity index (χ3n) is 5.00. The number of pyridine rings is 1. The molecular weight excluding hydrogens is 354 g/mol. The molecule has 0 fully saturated rings. The molecule has 0 atom stereocenters. The smallest absolute Gasteiger partial charge is 0.169 e. The number of thiol groups is 1. The van der Waals surface area contributed by atoms with Crippen molar-refractivity contribution in [2.75, 3.05) is 0 Å². The molecule has 4 rings (SSSR count). The molecule has 1 aliphatic heterocycles. The van der Waals surface area contributed by atoms with Gasteiger partial charge >= 0.3 is 0 Å². The Morgan fingerprint density at radius 2 is 1.89 bits per heavy atom. The zero-order valence-electron chi connectivity index (χ0n) is 15.9. The molecule has 1 aliphatic rings. The van der Waals surface area contributed by atoms with Crippen LogP contribution in [0.4, 0.5) is 0 Å². The van der Waals surface area contributed by atoms with Gasteiger partial charge in [0.1, 0.15) is 5.82 Å². The number of carbonyl (C=O) groups excluding carboxylic acids is 1. The number of aromatic nitrogens is 3. The van der Waals surface area contributed by atoms with E-state index in [4.69, 9.17) is 17.6 Å². The van der Waals surface area contributed by atoms with E-state index in [1.54, 1.807) is 12.4 Å². The lowest BCUT2D eigenvalue weighted by atomic mass is 9.85. The van der Waals surface area contributed by atoms with E-state index in [1.807, 2.05) is 51.1 Å². The standard InChI is InChI=1S/C22H23N3OS/c1-22(2,3)21(26)16-7-4-6-15(20(16)27)18-19(14-9-11-23-12-10-14)25-13-5-8-17(25)24-18/h4,6-7,9-12,27H,5,8,13H2,1-3H3. The van der Waals surface area contributed by atoms with Gasteiger partial charge in [0, 0.05) is 52.4 Å². The maximum Gasteiger partial charge on any atom is 0.169 e. The average Bonchev–Trinajstić information content (AvgIpc) is 3.22. The molecule has 0 radical (unpaired) electrons. The minimum absolute atomic E-state index is 0.0894. The monoisotopic (exact) mass is 377 g/mol. The SMILES string of the molecule is CC(C)(C)C(=O)c1cccc(-c2nc3n(c2-c2ccncc2)CCC3)c1S. The van der Waals surface area contributed by atoms with Crippen LogP contribution in [0, 0.1) is 5.41 Å². The first-order valence-electron chi connectivity index (χ1n) is 9.25. The largest absolute Gasteiger partial charge is 0.327 e. The molecular formula is C22H23N3OS. The molecule has 5 heteroatoms. The number of benzene rings is 1. The quantitative estimate of drug-likeness (QED) is 0.512. The molecule has 2 aromatic heterocycles. The number of aryl methyl sites for hydroxylation is 1. The molecule has 0 aliphatic carbocycles. The van der Waals surface area contributed by atoms with E-state index in [0.717, 1.165) is 47.7 Å². The van der Waals surface area contributed by atoms with Gasteiger partial charge in [-0.15, -0.1) is 12.6 Å². The van der Waals surface area contributed by atoms with Crippen LogP contribution in [-0.4, -0.2) is 20.3 Å². The summed E-state index contributed by atoms with van der Waals surface area (Å²) in [7, 11) is 0. The summed E-state index contributed by atoms with van der Waals surface area (Å²) >= 11 is 4.76. The summed E-state index contributed by atoms with van der Waals surface area (Å²) in [6, 6.07) is 9.80. The van der Waals surface area contributed by atoms with Gasteiger partial charge in [-0.1, -0.05) is 39.0 Å². The van der Waals surface area contributed by atoms with Crippen LogP contribution in [0.25, 0.3) is 22.5 Å². The molecule has 0 saturated carbocycles. The first kappa shape index (κ1) is 18.0. The van der Waals surface area contributed by atoms with Gasteiger partial charge in [-0.2, -0.15) is 0 Å². The molecule has 3 heterocycles. The summed E-state index contributed by atoms with van der Waals surface area (Å²) in [6.45, 7) is 6.76. The van der Waals surface area contributed by atoms with Crippen molar-refractivity contribution < 1.29 is 4.79 Å². The second-order valence-corrected chi connectivity index (χ2v) is 8.44. The summed E-state index contributed by atoms with van der Waals surface area (Å²) in [5, 5.41) is 0. The van der Waals surface area contributed by atoms with Crippen LogP contribution in [0.2, 0.25) is 0 Å². The number of ketones is 1. The Bertz CT molecular complexity index is 1020. The second kappa shape index (κ2) is 6.64. The zero-order chi connectivity index (χ0) is 19.2. The van der Waals surface area contributed by atoms with E-state index in [1.165, 1.54) is 0 Å². The van der Waals surface area contributed by atoms with Crippen molar-refractivity contribution >= 4 is 18.4 Å². The van der Waals surface area contributed by atoms with E-state index in [-0.39, 0.29) is 5.78 Å². The van der Waals surface area contributed by atoms with Gasteiger partial charge in [-0.05, 0) is 18.6 Å². The summed E-state index contributed by atoms with van der Waals surface area (Å²) in [5.41, 5.74) is 4.16. The number of fused-ring (bicyclic) bond motifs is 1. The third kappa shape index (κ3) is 3.10. The number of imidazole rings is 1. The topological polar surface area (TPSA) is 47.8 Å². The van der Waals surface area contributed by atoms with Crippen molar-refractivity contribution in [3.8, 4) is 22.5 Å². The van der Waals surface area contributed by atoms with Crippen LogP contribution in [0.1, 0.15) is 43.4 Å². The summed E-state index contributed by atoms with van der Waals surface area (Å²) < 4.78 is 2.29. The minimum atomic E-state index is -0.458. The number of hydrogen-bond donors (Lipinski definition) is 1. The molecule has 0 saturated heterocycles. The van der Waals surface area contributed by atoms with Gasteiger partial charge in [0.15, 0.2) is 5.78 Å². The Labute approximate surface area is 165 Å². The Morgan fingerprint density at radius 3 is 2.59 bits per heavy atom. The van der Waals surface area contributed by atoms with Gasteiger partial charge in [-0.25, -0.2) is 4.98 Å². The summed E-state index contributed by atoms with van der Waals surface area (Å²) in [4.78, 5) is 22.7. The predicted molar refractivity (Wildman–Crippen MR) is 110 cm³/mol. The lowest BCUT2D eigenvalue weighted by Gasteiger charge is -2.19. The highest BCUT2D eigenvalue weighted by Crippen LogP contribution is 2.39. The van der Waals surface area contributed by atoms with Crippen LogP contribution in [0.3, 0.4) is 0 Å². The lowest BCUT2D eigenvalue weighted by molar-refractivity contribution is 0.0855. The lowest BCUT2D eigenvalue weighted by Crippen LogP contribution is -2.20. The highest BCUT2D eigenvalue weighted by molar-refractivity contribution is 7.80. The normalized spacial score (nSPS) is 13.6. The number of carbonyl (C=O) groups is 1. The molecule has 0 unspecified atom stereocenters. The Hall–Kier alpha value is -2.40. The van der Waals surface area contributed by atoms with Crippen molar-refractivity contribution in [3.63, 3.8) is 0 Å². The molecule has 0 spiro atoms. The summed E-state index contributed by atoms with van der Waals surface area (Å²) in [6.07, 6.45) is 5.68. The fourth-order valence-electron chi connectivity index (χ4n) is 3.64. The molecule has 138 valence electrons. The molecule has 0 N–H and O–H groups in total. The molecule has 0 amide bonds. The van der Waals surface area contributed by atoms with Crippen LogP contribution < -0.4 is 0 Å². The maximum absolute atomic E-state index is 12.9. The van der Waals surface area contributed by atoms with Gasteiger partial charge in [0.25, 0.3) is 0 Å². The molecule has 1 aromatic carbocycles. The van der Waals surface area contributed by atoms with Crippen LogP contribution >= 0.6 is 12.6 Å². The third-order valence-corrected chi connectivity index (χ3v) is 5.48. The van der Waals surface area contributed by atoms with Crippen molar-refractivity contribution in [2.45, 2.75) is 45.1 Å². The van der Waals surface area contributed by atoms with E-state index >= 15 is 0 Å². The molecule has 3 aromatic rings. The van der Waals surface area contributed by atoms with Gasteiger partial charge in [0.2, 0.25) is 0 Å². The molecule has 0 bridgehead atoms. The van der Waals surface area contributed by atoms with Crippen molar-refractivity contribution in [3.05, 3.63) is 54.1 Å². The van der Waals surface area contributed by atoms with Crippen molar-refractivity contribution in [2.24, 2.45) is 5.41 Å². The second-order valence-electron chi connectivity index (χ2n) is 8.00. The van der Waals surface area contributed by atoms with Crippen molar-refractivity contribution in [1.82, 2.24) is 14.5 Å². The Balaban J connectivity index is 1.92. The van der Waals surface area contributed by atoms with Crippen molar-refractivity contribution in [1.29, 1.82) is 0 Å². The van der Waals surface area contributed by atoms with Crippen LogP contribution in [0.5, 0.6) is 0 Å². The van der Waals surface area contributed by atoms with Crippen LogP contribution in [0.15, 0.2) is 47.6 Å². The zero-order valence-corrected chi connectivity index (χ0v) is 16.8. The number of Topliss-reactive ketones (excluding diaryl/α,β-unsaturated/α-hetero) is 1. The van der Waals surface area contributed by atoms with E-state index in [2.05, 4.69) is 9.55 Å². The van der Waals surface area contributed by atoms with Gasteiger partial charge < -0.3 is 4.57 Å². The van der Waals surface area contributed by atoms with E-state index in [9.17, 15) is 4.79 Å². The van der Waals surface area contributed by atoms with E-state index in [0.29, 0.717) is 10.5 Å². The number of nitrogens with zero attached hydrogens (tertiary/aromatic N) is 3. The number of rotatable bonds is 3. The van der Waals surface area contributed by atoms with Crippen LogP contribution in [-0.2, 0) is 13.0 Å². The fourth-order valence-corrected chi connectivity index (χ4v) is 3.99. The van der Waals surface area contributed by atoms with Gasteiger partial charge in [0.05, 0.1) is 11.4 Å². The Kier molecular flexibility index (Phi) is 4.42. The summed E-state index contributed by atoms with van der Waals surface area (Å²) in [5.74, 6) is 1.18. The fraction of sp³-hybridized carbons (Fsp3) is 0.318.